The summed E-state index contributed by atoms with van der Waals surface area (Å²) in [7, 11) is 0. The van der Waals surface area contributed by atoms with E-state index in [1.165, 1.54) is 12.1 Å². The molecule has 1 aromatic heterocycles. The fourth-order valence-electron chi connectivity index (χ4n) is 4.62. The number of benzene rings is 2. The van der Waals surface area contributed by atoms with Gasteiger partial charge in [-0.3, -0.25) is 9.89 Å². The van der Waals surface area contributed by atoms with Crippen LogP contribution in [0.5, 0.6) is 5.75 Å². The third-order valence-electron chi connectivity index (χ3n) is 6.63. The Morgan fingerprint density at radius 3 is 2.74 bits per heavy atom. The van der Waals surface area contributed by atoms with Gasteiger partial charge in [-0.25, -0.2) is 4.39 Å². The zero-order valence-electron chi connectivity index (χ0n) is 18.4. The average Bonchev–Trinajstić information content (AvgIpc) is 3.39. The third-order valence-corrected chi connectivity index (χ3v) is 6.94. The van der Waals surface area contributed by atoms with Crippen molar-refractivity contribution < 1.29 is 13.9 Å². The van der Waals surface area contributed by atoms with E-state index in [9.17, 15) is 14.4 Å². The van der Waals surface area contributed by atoms with Gasteiger partial charge in [0.2, 0.25) is 0 Å². The summed E-state index contributed by atoms with van der Waals surface area (Å²) < 4.78 is 19.3. The molecular weight excluding hydrogens is 457 g/mol. The van der Waals surface area contributed by atoms with Crippen molar-refractivity contribution in [1.82, 2.24) is 15.1 Å². The van der Waals surface area contributed by atoms with Crippen LogP contribution in [0.4, 0.5) is 10.1 Å². The SMILES string of the molecule is N#CC1(Cc2ccc(F)cc2)CCN(C(=O)C2CNc3cc(Cl)c(-c4cn[nH]c4)cc3O2)CC1. The summed E-state index contributed by atoms with van der Waals surface area (Å²) in [5.41, 5.74) is 2.69. The van der Waals surface area contributed by atoms with Gasteiger partial charge >= 0.3 is 0 Å². The molecule has 2 aliphatic rings. The zero-order valence-corrected chi connectivity index (χ0v) is 19.1. The van der Waals surface area contributed by atoms with E-state index in [2.05, 4.69) is 21.6 Å². The number of ether oxygens (including phenoxy) is 1. The molecule has 1 atom stereocenters. The van der Waals surface area contributed by atoms with E-state index >= 15 is 0 Å². The Morgan fingerprint density at radius 1 is 1.29 bits per heavy atom. The van der Waals surface area contributed by atoms with Gasteiger partial charge < -0.3 is 15.0 Å². The standard InChI is InChI=1S/C25H23ClFN5O2/c26-20-10-21-22(9-19(20)17-12-30-31-13-17)34-23(14-29-21)24(33)32-7-5-25(15-28,6-8-32)11-16-1-3-18(27)4-2-16/h1-4,9-10,12-13,23,29H,5-8,11,14H2,(H,30,31). The summed E-state index contributed by atoms with van der Waals surface area (Å²) in [6, 6.07) is 12.3. The first kappa shape index (κ1) is 22.2. The molecule has 0 saturated carbocycles. The van der Waals surface area contributed by atoms with Crippen molar-refractivity contribution >= 4 is 23.2 Å². The highest BCUT2D eigenvalue weighted by Gasteiger charge is 2.39. The van der Waals surface area contributed by atoms with E-state index in [4.69, 9.17) is 16.3 Å². The number of nitrogens with one attached hydrogen (secondary N) is 2. The minimum absolute atomic E-state index is 0.105. The van der Waals surface area contributed by atoms with Crippen LogP contribution in [-0.2, 0) is 11.2 Å². The number of nitrogens with zero attached hydrogens (tertiary/aromatic N) is 3. The topological polar surface area (TPSA) is 94.0 Å². The van der Waals surface area contributed by atoms with Crippen molar-refractivity contribution in [2.24, 2.45) is 5.41 Å². The molecule has 0 aliphatic carbocycles. The minimum Gasteiger partial charge on any atom is -0.477 e. The maximum atomic E-state index is 13.2. The number of amides is 1. The second kappa shape index (κ2) is 8.99. The lowest BCUT2D eigenvalue weighted by Crippen LogP contribution is -2.51. The van der Waals surface area contributed by atoms with Crippen molar-refractivity contribution in [3.8, 4) is 22.9 Å². The molecule has 1 amide bonds. The molecule has 2 aromatic carbocycles. The number of piperidine rings is 1. The van der Waals surface area contributed by atoms with Crippen molar-refractivity contribution in [2.45, 2.75) is 25.4 Å². The van der Waals surface area contributed by atoms with E-state index in [0.717, 1.165) is 22.4 Å². The molecule has 34 heavy (non-hydrogen) atoms. The van der Waals surface area contributed by atoms with E-state index in [1.54, 1.807) is 35.5 Å². The highest BCUT2D eigenvalue weighted by Crippen LogP contribution is 2.40. The summed E-state index contributed by atoms with van der Waals surface area (Å²) in [6.45, 7) is 1.28. The molecule has 1 unspecified atom stereocenters. The lowest BCUT2D eigenvalue weighted by atomic mass is 9.75. The number of rotatable bonds is 4. The molecule has 7 nitrogen and oxygen atoms in total. The van der Waals surface area contributed by atoms with Crippen LogP contribution in [0.2, 0.25) is 5.02 Å². The number of fused-ring (bicyclic) bond motifs is 1. The van der Waals surface area contributed by atoms with Crippen LogP contribution in [0.25, 0.3) is 11.1 Å². The van der Waals surface area contributed by atoms with Crippen LogP contribution in [-0.4, -0.2) is 46.7 Å². The van der Waals surface area contributed by atoms with Gasteiger partial charge in [0.25, 0.3) is 5.91 Å². The largest absolute Gasteiger partial charge is 0.477 e. The maximum absolute atomic E-state index is 13.2. The van der Waals surface area contributed by atoms with Gasteiger partial charge in [-0.05, 0) is 49.1 Å². The number of likely N-dealkylation sites (tertiary alicyclic amines) is 1. The Bertz CT molecular complexity index is 1230. The van der Waals surface area contributed by atoms with E-state index in [0.29, 0.717) is 49.7 Å². The first-order valence-corrected chi connectivity index (χ1v) is 11.5. The molecule has 0 spiro atoms. The van der Waals surface area contributed by atoms with E-state index < -0.39 is 11.5 Å². The van der Waals surface area contributed by atoms with Crippen LogP contribution < -0.4 is 10.1 Å². The first-order valence-electron chi connectivity index (χ1n) is 11.1. The smallest absolute Gasteiger partial charge is 0.265 e. The molecule has 3 aromatic rings. The van der Waals surface area contributed by atoms with Gasteiger partial charge in [0.1, 0.15) is 11.6 Å². The Morgan fingerprint density at radius 2 is 2.06 bits per heavy atom. The molecule has 174 valence electrons. The maximum Gasteiger partial charge on any atom is 0.265 e. The number of carbonyl (C=O) groups is 1. The summed E-state index contributed by atoms with van der Waals surface area (Å²) in [5.74, 6) is 0.160. The molecular formula is C25H23ClFN5O2. The average molecular weight is 480 g/mol. The molecule has 9 heteroatoms. The monoisotopic (exact) mass is 479 g/mol. The highest BCUT2D eigenvalue weighted by atomic mass is 35.5. The third kappa shape index (κ3) is 4.31. The summed E-state index contributed by atoms with van der Waals surface area (Å²) in [6.07, 6.45) is 4.41. The van der Waals surface area contributed by atoms with Crippen LogP contribution >= 0.6 is 11.6 Å². The predicted molar refractivity (Wildman–Crippen MR) is 126 cm³/mol. The Labute approximate surface area is 201 Å². The zero-order chi connectivity index (χ0) is 23.7. The molecule has 1 fully saturated rings. The number of halogens is 2. The minimum atomic E-state index is -0.669. The van der Waals surface area contributed by atoms with Gasteiger partial charge in [-0.1, -0.05) is 23.7 Å². The van der Waals surface area contributed by atoms with Crippen molar-refractivity contribution in [2.75, 3.05) is 25.0 Å². The Kier molecular flexibility index (Phi) is 5.88. The number of nitriles is 1. The summed E-state index contributed by atoms with van der Waals surface area (Å²) in [4.78, 5) is 15.0. The second-order valence-corrected chi connectivity index (χ2v) is 9.23. The lowest BCUT2D eigenvalue weighted by molar-refractivity contribution is -0.140. The quantitative estimate of drug-likeness (QED) is 0.577. The summed E-state index contributed by atoms with van der Waals surface area (Å²) >= 11 is 6.42. The number of aromatic nitrogens is 2. The van der Waals surface area contributed by atoms with E-state index in [1.807, 2.05) is 6.07 Å². The predicted octanol–water partition coefficient (Wildman–Crippen LogP) is 4.42. The normalized spacial score (nSPS) is 18.9. The van der Waals surface area contributed by atoms with Crippen LogP contribution in [0.1, 0.15) is 18.4 Å². The van der Waals surface area contributed by atoms with Crippen molar-refractivity contribution in [3.05, 3.63) is 65.2 Å². The molecule has 5 rings (SSSR count). The molecule has 2 N–H and O–H groups in total. The Hall–Kier alpha value is -3.57. The molecule has 0 radical (unpaired) electrons. The number of hydrogen-bond donors (Lipinski definition) is 2. The number of hydrogen-bond acceptors (Lipinski definition) is 5. The molecule has 3 heterocycles. The van der Waals surface area contributed by atoms with Gasteiger partial charge in [-0.2, -0.15) is 10.4 Å². The highest BCUT2D eigenvalue weighted by molar-refractivity contribution is 6.33. The van der Waals surface area contributed by atoms with Crippen molar-refractivity contribution in [3.63, 3.8) is 0 Å². The van der Waals surface area contributed by atoms with Gasteiger partial charge in [-0.15, -0.1) is 0 Å². The second-order valence-electron chi connectivity index (χ2n) is 8.82. The fourth-order valence-corrected chi connectivity index (χ4v) is 4.90. The van der Waals surface area contributed by atoms with Crippen molar-refractivity contribution in [1.29, 1.82) is 5.26 Å². The molecule has 1 saturated heterocycles. The van der Waals surface area contributed by atoms with Gasteiger partial charge in [0, 0.05) is 30.4 Å². The van der Waals surface area contributed by atoms with Gasteiger partial charge in [0.05, 0.1) is 34.9 Å². The molecule has 0 bridgehead atoms. The number of carbonyl (C=O) groups excluding carboxylic acids is 1. The number of anilines is 1. The van der Waals surface area contributed by atoms with Gasteiger partial charge in [0.15, 0.2) is 6.10 Å². The first-order chi connectivity index (χ1) is 16.5. The van der Waals surface area contributed by atoms with Crippen LogP contribution in [0.15, 0.2) is 48.8 Å². The summed E-state index contributed by atoms with van der Waals surface area (Å²) in [5, 5.41) is 20.4. The number of aromatic amines is 1. The Balaban J connectivity index is 1.25. The molecule has 2 aliphatic heterocycles. The van der Waals surface area contributed by atoms with E-state index in [-0.39, 0.29) is 11.7 Å². The fraction of sp³-hybridized carbons (Fsp3) is 0.320. The number of H-pyrrole nitrogens is 1. The van der Waals surface area contributed by atoms with Crippen LogP contribution in [0, 0.1) is 22.6 Å². The lowest BCUT2D eigenvalue weighted by Gasteiger charge is -2.39. The van der Waals surface area contributed by atoms with Crippen LogP contribution in [0.3, 0.4) is 0 Å².